The fourth-order valence-corrected chi connectivity index (χ4v) is 2.15. The SMILES string of the molecule is COc1ccc2c(=O)c(Oc3ccccc3F)c(C)oc2c1. The summed E-state index contributed by atoms with van der Waals surface area (Å²) in [4.78, 5) is 12.5. The Morgan fingerprint density at radius 1 is 1.14 bits per heavy atom. The van der Waals surface area contributed by atoms with E-state index in [0.717, 1.165) is 0 Å². The van der Waals surface area contributed by atoms with E-state index in [-0.39, 0.29) is 22.7 Å². The van der Waals surface area contributed by atoms with Crippen molar-refractivity contribution in [2.75, 3.05) is 7.11 Å². The number of benzene rings is 2. The second-order valence-corrected chi connectivity index (χ2v) is 4.71. The van der Waals surface area contributed by atoms with Crippen LogP contribution in [0, 0.1) is 12.7 Å². The van der Waals surface area contributed by atoms with Gasteiger partial charge in [-0.25, -0.2) is 4.39 Å². The molecule has 3 aromatic rings. The van der Waals surface area contributed by atoms with Gasteiger partial charge in [0, 0.05) is 6.07 Å². The number of hydrogen-bond acceptors (Lipinski definition) is 4. The van der Waals surface area contributed by atoms with Gasteiger partial charge in [0.15, 0.2) is 11.6 Å². The van der Waals surface area contributed by atoms with Gasteiger partial charge in [-0.2, -0.15) is 0 Å². The van der Waals surface area contributed by atoms with Crippen LogP contribution < -0.4 is 14.9 Å². The lowest BCUT2D eigenvalue weighted by Gasteiger charge is -2.09. The molecule has 0 amide bonds. The first-order valence-corrected chi connectivity index (χ1v) is 6.64. The fourth-order valence-electron chi connectivity index (χ4n) is 2.15. The van der Waals surface area contributed by atoms with Crippen molar-refractivity contribution in [2.45, 2.75) is 6.92 Å². The van der Waals surface area contributed by atoms with Gasteiger partial charge in [-0.15, -0.1) is 0 Å². The second kappa shape index (κ2) is 5.52. The number of fused-ring (bicyclic) bond motifs is 1. The summed E-state index contributed by atoms with van der Waals surface area (Å²) in [5.41, 5.74) is 0.0346. The van der Waals surface area contributed by atoms with Gasteiger partial charge in [-0.3, -0.25) is 4.79 Å². The Kier molecular flexibility index (Phi) is 3.55. The molecule has 3 rings (SSSR count). The van der Waals surface area contributed by atoms with Crippen LogP contribution >= 0.6 is 0 Å². The molecule has 1 aromatic heterocycles. The second-order valence-electron chi connectivity index (χ2n) is 4.71. The van der Waals surface area contributed by atoms with E-state index in [9.17, 15) is 9.18 Å². The maximum absolute atomic E-state index is 13.7. The van der Waals surface area contributed by atoms with Crippen molar-refractivity contribution in [3.05, 3.63) is 64.3 Å². The molecule has 22 heavy (non-hydrogen) atoms. The Labute approximate surface area is 125 Å². The Morgan fingerprint density at radius 3 is 2.64 bits per heavy atom. The molecule has 0 atom stereocenters. The quantitative estimate of drug-likeness (QED) is 0.732. The molecule has 5 heteroatoms. The third-order valence-corrected chi connectivity index (χ3v) is 3.27. The maximum atomic E-state index is 13.7. The minimum atomic E-state index is -0.545. The average Bonchev–Trinajstić information content (AvgIpc) is 2.52. The summed E-state index contributed by atoms with van der Waals surface area (Å²) in [7, 11) is 1.53. The van der Waals surface area contributed by atoms with Crippen LogP contribution in [0.5, 0.6) is 17.2 Å². The first-order chi connectivity index (χ1) is 10.6. The van der Waals surface area contributed by atoms with Crippen LogP contribution in [-0.2, 0) is 0 Å². The van der Waals surface area contributed by atoms with Crippen LogP contribution in [0.4, 0.5) is 4.39 Å². The van der Waals surface area contributed by atoms with Crippen LogP contribution in [0.1, 0.15) is 5.76 Å². The van der Waals surface area contributed by atoms with E-state index < -0.39 is 5.82 Å². The standard InChI is InChI=1S/C17H13FO4/c1-10-17(22-14-6-4-3-5-13(14)18)16(19)12-8-7-11(20-2)9-15(12)21-10/h3-9H,1-2H3. The molecule has 0 saturated heterocycles. The number of halogens is 1. The van der Waals surface area contributed by atoms with Crippen LogP contribution in [0.3, 0.4) is 0 Å². The monoisotopic (exact) mass is 300 g/mol. The third-order valence-electron chi connectivity index (χ3n) is 3.27. The van der Waals surface area contributed by atoms with Gasteiger partial charge in [0.05, 0.1) is 12.5 Å². The molecular weight excluding hydrogens is 287 g/mol. The Hall–Kier alpha value is -2.82. The fraction of sp³-hybridized carbons (Fsp3) is 0.118. The number of methoxy groups -OCH3 is 1. The summed E-state index contributed by atoms with van der Waals surface area (Å²) in [6.07, 6.45) is 0. The highest BCUT2D eigenvalue weighted by molar-refractivity contribution is 5.79. The largest absolute Gasteiger partial charge is 0.497 e. The minimum Gasteiger partial charge on any atom is -0.497 e. The van der Waals surface area contributed by atoms with Crippen molar-refractivity contribution in [2.24, 2.45) is 0 Å². The molecule has 0 unspecified atom stereocenters. The molecule has 2 aromatic carbocycles. The van der Waals surface area contributed by atoms with Crippen molar-refractivity contribution in [1.29, 1.82) is 0 Å². The maximum Gasteiger partial charge on any atom is 0.235 e. The van der Waals surface area contributed by atoms with Crippen LogP contribution in [0.25, 0.3) is 11.0 Å². The Morgan fingerprint density at radius 2 is 1.91 bits per heavy atom. The van der Waals surface area contributed by atoms with Crippen LogP contribution in [-0.4, -0.2) is 7.11 Å². The average molecular weight is 300 g/mol. The van der Waals surface area contributed by atoms with Gasteiger partial charge >= 0.3 is 0 Å². The van der Waals surface area contributed by atoms with Gasteiger partial charge in [0.25, 0.3) is 0 Å². The van der Waals surface area contributed by atoms with Gasteiger partial charge in [-0.05, 0) is 31.2 Å². The first-order valence-electron chi connectivity index (χ1n) is 6.64. The van der Waals surface area contributed by atoms with Gasteiger partial charge in [-0.1, -0.05) is 12.1 Å². The lowest BCUT2D eigenvalue weighted by Crippen LogP contribution is -2.08. The van der Waals surface area contributed by atoms with Gasteiger partial charge < -0.3 is 13.9 Å². The lowest BCUT2D eigenvalue weighted by molar-refractivity contribution is 0.406. The topological polar surface area (TPSA) is 48.7 Å². The summed E-state index contributed by atoms with van der Waals surface area (Å²) in [5.74, 6) is 0.261. The molecular formula is C17H13FO4. The van der Waals surface area contributed by atoms with E-state index in [1.54, 1.807) is 37.3 Å². The van der Waals surface area contributed by atoms with E-state index in [1.807, 2.05) is 0 Å². The molecule has 0 spiro atoms. The molecule has 0 saturated carbocycles. The van der Waals surface area contributed by atoms with Gasteiger partial charge in [0.2, 0.25) is 11.2 Å². The molecule has 0 fully saturated rings. The molecule has 0 aliphatic heterocycles. The van der Waals surface area contributed by atoms with Crippen molar-refractivity contribution < 1.29 is 18.3 Å². The van der Waals surface area contributed by atoms with Crippen LogP contribution in [0.2, 0.25) is 0 Å². The van der Waals surface area contributed by atoms with E-state index in [2.05, 4.69) is 0 Å². The smallest absolute Gasteiger partial charge is 0.235 e. The minimum absolute atomic E-state index is 0.0224. The Bertz CT molecular complexity index is 899. The molecule has 4 nitrogen and oxygen atoms in total. The summed E-state index contributed by atoms with van der Waals surface area (Å²) >= 11 is 0. The summed E-state index contributed by atoms with van der Waals surface area (Å²) < 4.78 is 29.8. The molecule has 0 N–H and O–H groups in total. The normalized spacial score (nSPS) is 10.7. The van der Waals surface area contributed by atoms with Crippen molar-refractivity contribution in [1.82, 2.24) is 0 Å². The van der Waals surface area contributed by atoms with Crippen LogP contribution in [0.15, 0.2) is 51.7 Å². The number of aryl methyl sites for hydroxylation is 1. The van der Waals surface area contributed by atoms with E-state index in [4.69, 9.17) is 13.9 Å². The first kappa shape index (κ1) is 14.1. The highest BCUT2D eigenvalue weighted by Gasteiger charge is 2.15. The van der Waals surface area contributed by atoms with Crippen molar-refractivity contribution >= 4 is 11.0 Å². The van der Waals surface area contributed by atoms with E-state index in [1.165, 1.54) is 19.2 Å². The van der Waals surface area contributed by atoms with E-state index >= 15 is 0 Å². The summed E-state index contributed by atoms with van der Waals surface area (Å²) in [6, 6.07) is 10.8. The zero-order valence-electron chi connectivity index (χ0n) is 12.1. The molecule has 0 radical (unpaired) electrons. The van der Waals surface area contributed by atoms with E-state index in [0.29, 0.717) is 16.7 Å². The number of para-hydroxylation sites is 1. The van der Waals surface area contributed by atoms with Crippen molar-refractivity contribution in [3.63, 3.8) is 0 Å². The number of hydrogen-bond donors (Lipinski definition) is 0. The zero-order valence-corrected chi connectivity index (χ0v) is 12.1. The number of ether oxygens (including phenoxy) is 2. The molecule has 1 heterocycles. The highest BCUT2D eigenvalue weighted by atomic mass is 19.1. The third kappa shape index (κ3) is 2.41. The lowest BCUT2D eigenvalue weighted by atomic mass is 10.2. The van der Waals surface area contributed by atoms with Gasteiger partial charge in [0.1, 0.15) is 17.1 Å². The Balaban J connectivity index is 2.15. The predicted molar refractivity (Wildman–Crippen MR) is 80.2 cm³/mol. The van der Waals surface area contributed by atoms with Crippen molar-refractivity contribution in [3.8, 4) is 17.2 Å². The molecule has 0 bridgehead atoms. The molecule has 0 aliphatic rings. The summed E-state index contributed by atoms with van der Waals surface area (Å²) in [6.45, 7) is 1.59. The predicted octanol–water partition coefficient (Wildman–Crippen LogP) is 4.04. The summed E-state index contributed by atoms with van der Waals surface area (Å²) in [5, 5.41) is 0.345. The molecule has 112 valence electrons. The zero-order chi connectivity index (χ0) is 15.7. The highest BCUT2D eigenvalue weighted by Crippen LogP contribution is 2.28. The molecule has 0 aliphatic carbocycles. The number of rotatable bonds is 3.